The number of likely N-dealkylation sites (tertiary alicyclic amines) is 1. The van der Waals surface area contributed by atoms with Crippen molar-refractivity contribution in [3.8, 4) is 5.75 Å². The van der Waals surface area contributed by atoms with E-state index in [1.807, 2.05) is 4.90 Å². The lowest BCUT2D eigenvalue weighted by molar-refractivity contribution is -0.144. The lowest BCUT2D eigenvalue weighted by Gasteiger charge is -2.35. The molecule has 0 saturated carbocycles. The maximum Gasteiger partial charge on any atom is 0.325 e. The van der Waals surface area contributed by atoms with E-state index in [1.54, 1.807) is 18.2 Å². The lowest BCUT2D eigenvalue weighted by Crippen LogP contribution is -2.40. The summed E-state index contributed by atoms with van der Waals surface area (Å²) in [5.41, 5.74) is 0.650. The van der Waals surface area contributed by atoms with Gasteiger partial charge in [-0.05, 0) is 43.0 Å². The summed E-state index contributed by atoms with van der Waals surface area (Å²) < 4.78 is 0. The number of aliphatic carboxylic acids is 1. The Morgan fingerprint density at radius 2 is 2.28 bits per heavy atom. The molecule has 1 aromatic rings. The van der Waals surface area contributed by atoms with Crippen LogP contribution >= 0.6 is 0 Å². The summed E-state index contributed by atoms with van der Waals surface area (Å²) in [6.45, 7) is 3.75. The van der Waals surface area contributed by atoms with E-state index < -0.39 is 12.0 Å². The average Bonchev–Trinajstić information content (AvgIpc) is 2.28. The number of phenolic OH excluding ortho intramolecular Hbond substituents is 1. The zero-order valence-corrected chi connectivity index (χ0v) is 10.5. The number of hydrogen-bond acceptors (Lipinski definition) is 3. The predicted molar refractivity (Wildman–Crippen MR) is 68.5 cm³/mol. The Morgan fingerprint density at radius 3 is 2.89 bits per heavy atom. The molecule has 0 aromatic heterocycles. The van der Waals surface area contributed by atoms with E-state index in [4.69, 9.17) is 0 Å². The molecule has 4 heteroatoms. The zero-order chi connectivity index (χ0) is 13.1. The minimum absolute atomic E-state index is 0.115. The molecule has 1 fully saturated rings. The maximum absolute atomic E-state index is 11.5. The minimum Gasteiger partial charge on any atom is -0.508 e. The van der Waals surface area contributed by atoms with Crippen LogP contribution in [0.2, 0.25) is 0 Å². The first-order valence-electron chi connectivity index (χ1n) is 6.33. The van der Waals surface area contributed by atoms with Crippen LogP contribution < -0.4 is 0 Å². The molecule has 2 atom stereocenters. The number of carboxylic acid groups (broad SMARTS) is 1. The smallest absolute Gasteiger partial charge is 0.325 e. The zero-order valence-electron chi connectivity index (χ0n) is 10.5. The van der Waals surface area contributed by atoms with E-state index in [2.05, 4.69) is 6.92 Å². The van der Waals surface area contributed by atoms with Gasteiger partial charge in [-0.15, -0.1) is 0 Å². The first-order valence-corrected chi connectivity index (χ1v) is 6.33. The van der Waals surface area contributed by atoms with Crippen molar-refractivity contribution < 1.29 is 15.0 Å². The van der Waals surface area contributed by atoms with Crippen LogP contribution in [-0.4, -0.2) is 34.2 Å². The molecule has 0 bridgehead atoms. The predicted octanol–water partition coefficient (Wildman–Crippen LogP) is 2.25. The molecule has 2 unspecified atom stereocenters. The first kappa shape index (κ1) is 12.9. The van der Waals surface area contributed by atoms with Crippen LogP contribution in [0.4, 0.5) is 0 Å². The molecule has 0 radical (unpaired) electrons. The lowest BCUT2D eigenvalue weighted by atomic mass is 9.96. The van der Waals surface area contributed by atoms with E-state index >= 15 is 0 Å². The molecule has 98 valence electrons. The van der Waals surface area contributed by atoms with E-state index in [0.29, 0.717) is 11.5 Å². The number of nitrogens with zero attached hydrogens (tertiary/aromatic N) is 1. The number of carboxylic acids is 1. The van der Waals surface area contributed by atoms with E-state index in [0.717, 1.165) is 25.9 Å². The van der Waals surface area contributed by atoms with Crippen LogP contribution in [0.25, 0.3) is 0 Å². The topological polar surface area (TPSA) is 60.8 Å². The van der Waals surface area contributed by atoms with E-state index in [-0.39, 0.29) is 5.75 Å². The molecule has 1 saturated heterocycles. The molecule has 1 aliphatic rings. The molecule has 0 spiro atoms. The van der Waals surface area contributed by atoms with Crippen molar-refractivity contribution in [3.63, 3.8) is 0 Å². The quantitative estimate of drug-likeness (QED) is 0.862. The van der Waals surface area contributed by atoms with Crippen LogP contribution in [0.5, 0.6) is 5.75 Å². The molecule has 4 nitrogen and oxygen atoms in total. The third-order valence-electron chi connectivity index (χ3n) is 3.47. The third kappa shape index (κ3) is 2.82. The summed E-state index contributed by atoms with van der Waals surface area (Å²) in [6.07, 6.45) is 2.19. The number of benzene rings is 1. The Kier molecular flexibility index (Phi) is 3.87. The van der Waals surface area contributed by atoms with Gasteiger partial charge in [0.05, 0.1) is 0 Å². The van der Waals surface area contributed by atoms with Gasteiger partial charge in [0.1, 0.15) is 11.8 Å². The average molecular weight is 249 g/mol. The van der Waals surface area contributed by atoms with Crippen molar-refractivity contribution in [1.29, 1.82) is 0 Å². The molecule has 2 rings (SSSR count). The number of aromatic hydroxyl groups is 1. The number of piperidine rings is 1. The first-order chi connectivity index (χ1) is 8.58. The van der Waals surface area contributed by atoms with Crippen LogP contribution in [0.1, 0.15) is 31.4 Å². The monoisotopic (exact) mass is 249 g/mol. The highest BCUT2D eigenvalue weighted by molar-refractivity contribution is 5.75. The minimum atomic E-state index is -0.852. The van der Waals surface area contributed by atoms with Gasteiger partial charge in [-0.1, -0.05) is 19.1 Å². The number of phenols is 1. The van der Waals surface area contributed by atoms with Crippen LogP contribution in [0.3, 0.4) is 0 Å². The summed E-state index contributed by atoms with van der Waals surface area (Å²) in [6, 6.07) is 5.89. The molecule has 18 heavy (non-hydrogen) atoms. The fourth-order valence-electron chi connectivity index (χ4n) is 2.66. The van der Waals surface area contributed by atoms with Crippen molar-refractivity contribution in [3.05, 3.63) is 29.8 Å². The van der Waals surface area contributed by atoms with Crippen molar-refractivity contribution in [2.75, 3.05) is 13.1 Å². The van der Waals surface area contributed by atoms with Crippen molar-refractivity contribution >= 4 is 5.97 Å². The Hall–Kier alpha value is -1.55. The summed E-state index contributed by atoms with van der Waals surface area (Å²) in [7, 11) is 0. The second-order valence-corrected chi connectivity index (χ2v) is 5.08. The molecular formula is C14H19NO3. The Bertz CT molecular complexity index is 433. The summed E-state index contributed by atoms with van der Waals surface area (Å²) >= 11 is 0. The van der Waals surface area contributed by atoms with Crippen LogP contribution in [0, 0.1) is 5.92 Å². The van der Waals surface area contributed by atoms with Gasteiger partial charge in [-0.25, -0.2) is 0 Å². The van der Waals surface area contributed by atoms with Gasteiger partial charge in [-0.2, -0.15) is 0 Å². The maximum atomic E-state index is 11.5. The molecule has 1 aromatic carbocycles. The largest absolute Gasteiger partial charge is 0.508 e. The van der Waals surface area contributed by atoms with Crippen molar-refractivity contribution in [1.82, 2.24) is 4.90 Å². The standard InChI is InChI=1S/C14H19NO3/c1-10-4-3-7-15(9-10)13(14(17)18)11-5-2-6-12(16)8-11/h2,5-6,8,10,13,16H,3-4,7,9H2,1H3,(H,17,18). The van der Waals surface area contributed by atoms with Gasteiger partial charge in [-0.3, -0.25) is 9.69 Å². The Balaban J connectivity index is 2.25. The highest BCUT2D eigenvalue weighted by atomic mass is 16.4. The van der Waals surface area contributed by atoms with Gasteiger partial charge in [0.15, 0.2) is 0 Å². The Labute approximate surface area is 107 Å². The number of carbonyl (C=O) groups is 1. The van der Waals surface area contributed by atoms with Gasteiger partial charge >= 0.3 is 5.97 Å². The van der Waals surface area contributed by atoms with E-state index in [9.17, 15) is 15.0 Å². The molecular weight excluding hydrogens is 230 g/mol. The second kappa shape index (κ2) is 5.40. The number of hydrogen-bond donors (Lipinski definition) is 2. The van der Waals surface area contributed by atoms with Gasteiger partial charge in [0, 0.05) is 6.54 Å². The fourth-order valence-corrected chi connectivity index (χ4v) is 2.66. The highest BCUT2D eigenvalue weighted by Crippen LogP contribution is 2.28. The molecule has 1 aliphatic heterocycles. The van der Waals surface area contributed by atoms with E-state index in [1.165, 1.54) is 6.07 Å². The Morgan fingerprint density at radius 1 is 1.50 bits per heavy atom. The van der Waals surface area contributed by atoms with Gasteiger partial charge in [0.2, 0.25) is 0 Å². The summed E-state index contributed by atoms with van der Waals surface area (Å²) in [4.78, 5) is 13.5. The second-order valence-electron chi connectivity index (χ2n) is 5.08. The molecule has 2 N–H and O–H groups in total. The fraction of sp³-hybridized carbons (Fsp3) is 0.500. The molecule has 1 heterocycles. The SMILES string of the molecule is CC1CCCN(C(C(=O)O)c2cccc(O)c2)C1. The number of rotatable bonds is 3. The third-order valence-corrected chi connectivity index (χ3v) is 3.47. The molecule has 0 amide bonds. The summed E-state index contributed by atoms with van der Waals surface area (Å²) in [5, 5.41) is 18.9. The molecule has 0 aliphatic carbocycles. The highest BCUT2D eigenvalue weighted by Gasteiger charge is 2.30. The normalized spacial score (nSPS) is 22.6. The van der Waals surface area contributed by atoms with Crippen LogP contribution in [-0.2, 0) is 4.79 Å². The van der Waals surface area contributed by atoms with Crippen LogP contribution in [0.15, 0.2) is 24.3 Å². The van der Waals surface area contributed by atoms with Crippen molar-refractivity contribution in [2.45, 2.75) is 25.8 Å². The van der Waals surface area contributed by atoms with Crippen molar-refractivity contribution in [2.24, 2.45) is 5.92 Å². The summed E-state index contributed by atoms with van der Waals surface area (Å²) in [5.74, 6) is -0.212. The van der Waals surface area contributed by atoms with Gasteiger partial charge < -0.3 is 10.2 Å². The van der Waals surface area contributed by atoms with Gasteiger partial charge in [0.25, 0.3) is 0 Å².